The van der Waals surface area contributed by atoms with Gasteiger partial charge in [-0.25, -0.2) is 13.8 Å². The smallest absolute Gasteiger partial charge is 0.274 e. The molecule has 31 heavy (non-hydrogen) atoms. The van der Waals surface area contributed by atoms with E-state index in [0.29, 0.717) is 6.54 Å². The van der Waals surface area contributed by atoms with Gasteiger partial charge >= 0.3 is 0 Å². The van der Waals surface area contributed by atoms with Gasteiger partial charge in [-0.3, -0.25) is 4.79 Å². The molecule has 1 saturated carbocycles. The summed E-state index contributed by atoms with van der Waals surface area (Å²) in [6.07, 6.45) is 6.73. The number of rotatable bonds is 4. The molecular weight excluding hydrogens is 400 g/mol. The number of nitrogens with one attached hydrogen (secondary N) is 2. The predicted molar refractivity (Wildman–Crippen MR) is 114 cm³/mol. The van der Waals surface area contributed by atoms with Gasteiger partial charge in [-0.05, 0) is 80.6 Å². The second-order valence-electron chi connectivity index (χ2n) is 8.12. The Hall–Kier alpha value is -3.06. The number of carbonyl (C=O) groups excluding carboxylic acids is 1. The van der Waals surface area contributed by atoms with Crippen LogP contribution in [-0.2, 0) is 0 Å². The van der Waals surface area contributed by atoms with E-state index in [1.807, 2.05) is 12.3 Å². The molecule has 2 aliphatic rings. The van der Waals surface area contributed by atoms with Gasteiger partial charge in [-0.15, -0.1) is 0 Å². The van der Waals surface area contributed by atoms with Crippen LogP contribution in [0.5, 0.6) is 0 Å². The lowest BCUT2D eigenvalue weighted by Gasteiger charge is -2.29. The molecule has 0 saturated heterocycles. The Morgan fingerprint density at radius 1 is 1.13 bits per heavy atom. The molecule has 5 nitrogen and oxygen atoms in total. The van der Waals surface area contributed by atoms with E-state index in [4.69, 9.17) is 0 Å². The average molecular weight is 425 g/mol. The zero-order valence-electron chi connectivity index (χ0n) is 17.3. The van der Waals surface area contributed by atoms with Gasteiger partial charge in [0.1, 0.15) is 23.0 Å². The van der Waals surface area contributed by atoms with Crippen LogP contribution in [-0.4, -0.2) is 28.6 Å². The molecule has 0 radical (unpaired) electrons. The Morgan fingerprint density at radius 3 is 2.65 bits per heavy atom. The van der Waals surface area contributed by atoms with Crippen molar-refractivity contribution in [2.45, 2.75) is 38.7 Å². The number of hydrogen-bond acceptors (Lipinski definition) is 4. The van der Waals surface area contributed by atoms with Crippen molar-refractivity contribution >= 4 is 5.91 Å². The van der Waals surface area contributed by atoms with Crippen molar-refractivity contribution < 1.29 is 18.7 Å². The summed E-state index contributed by atoms with van der Waals surface area (Å²) >= 11 is 0. The van der Waals surface area contributed by atoms with Gasteiger partial charge < -0.3 is 15.7 Å². The number of nitrogens with zero attached hydrogens (tertiary/aromatic N) is 1. The number of carbonyl (C=O) groups is 1. The van der Waals surface area contributed by atoms with Crippen molar-refractivity contribution in [1.29, 1.82) is 0 Å². The Kier molecular flexibility index (Phi) is 6.13. The maximum atomic E-state index is 14.4. The van der Waals surface area contributed by atoms with Crippen molar-refractivity contribution in [3.8, 4) is 11.3 Å². The van der Waals surface area contributed by atoms with Crippen LogP contribution in [0.1, 0.15) is 41.7 Å². The van der Waals surface area contributed by atoms with Crippen LogP contribution in [0.3, 0.4) is 0 Å². The first-order valence-electron chi connectivity index (χ1n) is 10.5. The van der Waals surface area contributed by atoms with Crippen LogP contribution in [0.4, 0.5) is 8.78 Å². The number of aliphatic hydroxyl groups is 1. The van der Waals surface area contributed by atoms with E-state index in [9.17, 15) is 18.7 Å². The van der Waals surface area contributed by atoms with Gasteiger partial charge in [-0.2, -0.15) is 0 Å². The van der Waals surface area contributed by atoms with Crippen LogP contribution in [0, 0.1) is 24.5 Å². The molecule has 162 valence electrons. The van der Waals surface area contributed by atoms with Crippen LogP contribution in [0.25, 0.3) is 11.3 Å². The van der Waals surface area contributed by atoms with Crippen molar-refractivity contribution in [1.82, 2.24) is 15.6 Å². The molecule has 7 heteroatoms. The first-order valence-corrected chi connectivity index (χ1v) is 10.5. The summed E-state index contributed by atoms with van der Waals surface area (Å²) in [4.78, 5) is 17.1. The molecule has 0 atom stereocenters. The summed E-state index contributed by atoms with van der Waals surface area (Å²) in [5.74, 6) is -1.51. The number of halogens is 2. The highest BCUT2D eigenvalue weighted by Crippen LogP contribution is 2.33. The number of pyridine rings is 1. The number of hydrogen-bond donors (Lipinski definition) is 3. The lowest BCUT2D eigenvalue weighted by atomic mass is 9.81. The highest BCUT2D eigenvalue weighted by Gasteiger charge is 2.26. The van der Waals surface area contributed by atoms with Crippen LogP contribution < -0.4 is 10.6 Å². The van der Waals surface area contributed by atoms with E-state index in [1.54, 1.807) is 13.0 Å². The third-order valence-electron chi connectivity index (χ3n) is 5.86. The van der Waals surface area contributed by atoms with Crippen LogP contribution >= 0.6 is 0 Å². The number of amides is 1. The number of aryl methyl sites for hydroxylation is 1. The lowest BCUT2D eigenvalue weighted by molar-refractivity contribution is 0.0957. The second kappa shape index (κ2) is 8.98. The molecular formula is C24H25F2N3O2. The second-order valence-corrected chi connectivity index (χ2v) is 8.12. The molecule has 1 aliphatic carbocycles. The van der Waals surface area contributed by atoms with Gasteiger partial charge in [-0.1, -0.05) is 11.6 Å². The zero-order valence-corrected chi connectivity index (χ0v) is 17.3. The van der Waals surface area contributed by atoms with Gasteiger partial charge in [0.15, 0.2) is 0 Å². The van der Waals surface area contributed by atoms with E-state index in [0.717, 1.165) is 48.6 Å². The summed E-state index contributed by atoms with van der Waals surface area (Å²) in [5.41, 5.74) is 2.38. The number of allylic oxidation sites excluding steroid dienone is 2. The van der Waals surface area contributed by atoms with Crippen LogP contribution in [0.2, 0.25) is 0 Å². The molecule has 3 N–H and O–H groups in total. The Labute approximate surface area is 179 Å². The van der Waals surface area contributed by atoms with E-state index in [1.165, 1.54) is 18.2 Å². The highest BCUT2D eigenvalue weighted by molar-refractivity contribution is 5.94. The minimum atomic E-state index is -0.691. The molecule has 0 spiro atoms. The lowest BCUT2D eigenvalue weighted by Crippen LogP contribution is -2.34. The standard InChI is InChI=1S/C24H25F2N3O2/c1-14-2-7-19(25)18(12-14)23-20(26)8-9-21(28-23)24(31)29-22-13-27-11-10-17(22)15-3-5-16(30)6-4-15/h2,7-12,15-16,27,30H,3-6,13H2,1H3,(H,29,31). The quantitative estimate of drug-likeness (QED) is 0.693. The third kappa shape index (κ3) is 4.66. The highest BCUT2D eigenvalue weighted by atomic mass is 19.1. The third-order valence-corrected chi connectivity index (χ3v) is 5.86. The monoisotopic (exact) mass is 425 g/mol. The normalized spacial score (nSPS) is 21.0. The number of dihydropyridines is 1. The van der Waals surface area contributed by atoms with Gasteiger partial charge in [0.05, 0.1) is 12.6 Å². The van der Waals surface area contributed by atoms with E-state index >= 15 is 0 Å². The van der Waals surface area contributed by atoms with E-state index in [-0.39, 0.29) is 29.0 Å². The number of benzene rings is 1. The molecule has 1 aromatic carbocycles. The van der Waals surface area contributed by atoms with Gasteiger partial charge in [0.2, 0.25) is 0 Å². The summed E-state index contributed by atoms with van der Waals surface area (Å²) in [6, 6.07) is 6.79. The predicted octanol–water partition coefficient (Wildman–Crippen LogP) is 3.99. The minimum absolute atomic E-state index is 0.0118. The topological polar surface area (TPSA) is 74.2 Å². The van der Waals surface area contributed by atoms with Gasteiger partial charge in [0.25, 0.3) is 5.91 Å². The molecule has 0 unspecified atom stereocenters. The maximum Gasteiger partial charge on any atom is 0.274 e. The largest absolute Gasteiger partial charge is 0.393 e. The molecule has 1 fully saturated rings. The molecule has 0 bridgehead atoms. The summed E-state index contributed by atoms with van der Waals surface area (Å²) in [7, 11) is 0. The zero-order chi connectivity index (χ0) is 22.0. The fourth-order valence-electron chi connectivity index (χ4n) is 4.18. The Balaban J connectivity index is 1.61. The fourth-order valence-corrected chi connectivity index (χ4v) is 4.18. The summed E-state index contributed by atoms with van der Waals surface area (Å²) < 4.78 is 28.7. The minimum Gasteiger partial charge on any atom is -0.393 e. The Morgan fingerprint density at radius 2 is 1.87 bits per heavy atom. The van der Waals surface area contributed by atoms with Crippen molar-refractivity contribution in [3.05, 3.63) is 76.8 Å². The van der Waals surface area contributed by atoms with Gasteiger partial charge in [0, 0.05) is 11.3 Å². The van der Waals surface area contributed by atoms with E-state index in [2.05, 4.69) is 15.6 Å². The van der Waals surface area contributed by atoms with E-state index < -0.39 is 17.5 Å². The molecule has 4 rings (SSSR count). The average Bonchev–Trinajstić information content (AvgIpc) is 2.77. The van der Waals surface area contributed by atoms with Crippen molar-refractivity contribution in [3.63, 3.8) is 0 Å². The Bertz CT molecular complexity index is 1060. The molecule has 2 heterocycles. The number of aliphatic hydroxyl groups excluding tert-OH is 1. The molecule has 1 aromatic heterocycles. The number of aromatic nitrogens is 1. The van der Waals surface area contributed by atoms with Crippen molar-refractivity contribution in [2.75, 3.05) is 6.54 Å². The molecule has 2 aromatic rings. The van der Waals surface area contributed by atoms with Crippen LogP contribution in [0.15, 0.2) is 53.9 Å². The summed E-state index contributed by atoms with van der Waals surface area (Å²) in [6.45, 7) is 2.23. The van der Waals surface area contributed by atoms with Crippen molar-refractivity contribution in [2.24, 2.45) is 5.92 Å². The molecule has 1 amide bonds. The maximum absolute atomic E-state index is 14.4. The first kappa shape index (κ1) is 21.2. The SMILES string of the molecule is Cc1ccc(F)c(-c2nc(C(=O)NC3=C(C4CCC(O)CC4)C=CNC3)ccc2F)c1. The fraction of sp³-hybridized carbons (Fsp3) is 0.333. The summed E-state index contributed by atoms with van der Waals surface area (Å²) in [5, 5.41) is 15.8. The molecule has 1 aliphatic heterocycles. The first-order chi connectivity index (χ1) is 14.9.